The number of nitrogens with zero attached hydrogens (tertiary/aromatic N) is 2. The Morgan fingerprint density at radius 3 is 2.41 bits per heavy atom. The van der Waals surface area contributed by atoms with E-state index in [1.165, 1.54) is 0 Å². The standard InChI is InChI=1S/C21H30N4O2/c1-4-15(2)22-20(27)14-25-11-9-24(10-12-25)13-19(26)21-16(3)23-18-8-6-5-7-17(18)21/h5-8,15,23H,4,9-14H2,1-3H3,(H,22,27). The highest BCUT2D eigenvalue weighted by atomic mass is 16.2. The van der Waals surface area contributed by atoms with Crippen molar-refractivity contribution in [2.75, 3.05) is 39.3 Å². The summed E-state index contributed by atoms with van der Waals surface area (Å²) in [6.45, 7) is 10.2. The molecule has 1 atom stereocenters. The van der Waals surface area contributed by atoms with Gasteiger partial charge in [0.25, 0.3) is 0 Å². The molecule has 2 N–H and O–H groups in total. The molecule has 6 heteroatoms. The summed E-state index contributed by atoms with van der Waals surface area (Å²) in [4.78, 5) is 32.6. The quantitative estimate of drug-likeness (QED) is 0.733. The van der Waals surface area contributed by atoms with E-state index in [0.717, 1.165) is 54.8 Å². The third kappa shape index (κ3) is 4.76. The van der Waals surface area contributed by atoms with Gasteiger partial charge in [0.2, 0.25) is 5.91 Å². The van der Waals surface area contributed by atoms with Crippen LogP contribution in [-0.4, -0.2) is 71.8 Å². The van der Waals surface area contributed by atoms with Crippen LogP contribution in [0.25, 0.3) is 10.9 Å². The van der Waals surface area contributed by atoms with E-state index in [-0.39, 0.29) is 17.7 Å². The number of aryl methyl sites for hydroxylation is 1. The molecule has 0 radical (unpaired) electrons. The molecule has 0 aliphatic carbocycles. The summed E-state index contributed by atoms with van der Waals surface area (Å²) in [6.07, 6.45) is 0.939. The average molecular weight is 370 g/mol. The number of carbonyl (C=O) groups is 2. The fraction of sp³-hybridized carbons (Fsp3) is 0.524. The Balaban J connectivity index is 1.52. The summed E-state index contributed by atoms with van der Waals surface area (Å²) in [5.74, 6) is 0.246. The van der Waals surface area contributed by atoms with Gasteiger partial charge < -0.3 is 10.3 Å². The van der Waals surface area contributed by atoms with Crippen LogP contribution in [0.15, 0.2) is 24.3 Å². The van der Waals surface area contributed by atoms with Crippen LogP contribution in [0.2, 0.25) is 0 Å². The molecular formula is C21H30N4O2. The number of para-hydroxylation sites is 1. The number of nitrogens with one attached hydrogen (secondary N) is 2. The minimum absolute atomic E-state index is 0.0864. The molecule has 2 heterocycles. The number of rotatable bonds is 7. The zero-order valence-corrected chi connectivity index (χ0v) is 16.5. The molecule has 1 aromatic carbocycles. The maximum Gasteiger partial charge on any atom is 0.234 e. The third-order valence-electron chi connectivity index (χ3n) is 5.39. The fourth-order valence-corrected chi connectivity index (χ4v) is 3.65. The first-order chi connectivity index (χ1) is 13.0. The second kappa shape index (κ2) is 8.67. The SMILES string of the molecule is CCC(C)NC(=O)CN1CCN(CC(=O)c2c(C)[nH]c3ccccc23)CC1. The average Bonchev–Trinajstić information content (AvgIpc) is 2.98. The highest BCUT2D eigenvalue weighted by molar-refractivity contribution is 6.10. The van der Waals surface area contributed by atoms with Gasteiger partial charge in [-0.1, -0.05) is 25.1 Å². The van der Waals surface area contributed by atoms with E-state index in [0.29, 0.717) is 13.1 Å². The van der Waals surface area contributed by atoms with E-state index in [1.54, 1.807) is 0 Å². The van der Waals surface area contributed by atoms with Gasteiger partial charge in [-0.25, -0.2) is 0 Å². The molecule has 2 aromatic rings. The Kier molecular flexibility index (Phi) is 6.29. The number of ketones is 1. The Hall–Kier alpha value is -2.18. The first kappa shape index (κ1) is 19.6. The van der Waals surface area contributed by atoms with Crippen LogP contribution < -0.4 is 5.32 Å². The monoisotopic (exact) mass is 370 g/mol. The Bertz CT molecular complexity index is 806. The van der Waals surface area contributed by atoms with Crippen LogP contribution in [-0.2, 0) is 4.79 Å². The van der Waals surface area contributed by atoms with Gasteiger partial charge in [-0.2, -0.15) is 0 Å². The molecule has 146 valence electrons. The number of carbonyl (C=O) groups excluding carboxylic acids is 2. The maximum absolute atomic E-state index is 12.9. The smallest absolute Gasteiger partial charge is 0.234 e. The van der Waals surface area contributed by atoms with Crippen molar-refractivity contribution >= 4 is 22.6 Å². The van der Waals surface area contributed by atoms with Gasteiger partial charge in [0.05, 0.1) is 13.1 Å². The maximum atomic E-state index is 12.9. The van der Waals surface area contributed by atoms with E-state index in [1.807, 2.05) is 38.1 Å². The van der Waals surface area contributed by atoms with E-state index in [9.17, 15) is 9.59 Å². The second-order valence-electron chi connectivity index (χ2n) is 7.52. The first-order valence-corrected chi connectivity index (χ1v) is 9.82. The number of fused-ring (bicyclic) bond motifs is 1. The summed E-state index contributed by atoms with van der Waals surface area (Å²) in [5, 5.41) is 4.01. The van der Waals surface area contributed by atoms with Crippen molar-refractivity contribution in [3.63, 3.8) is 0 Å². The second-order valence-corrected chi connectivity index (χ2v) is 7.52. The van der Waals surface area contributed by atoms with E-state index in [4.69, 9.17) is 0 Å². The molecule has 3 rings (SSSR count). The molecule has 1 saturated heterocycles. The number of piperazine rings is 1. The lowest BCUT2D eigenvalue weighted by molar-refractivity contribution is -0.123. The first-order valence-electron chi connectivity index (χ1n) is 9.82. The topological polar surface area (TPSA) is 68.4 Å². The minimum Gasteiger partial charge on any atom is -0.358 e. The zero-order chi connectivity index (χ0) is 19.4. The van der Waals surface area contributed by atoms with Gasteiger partial charge in [0, 0.05) is 54.4 Å². The minimum atomic E-state index is 0.0864. The molecule has 6 nitrogen and oxygen atoms in total. The number of hydrogen-bond acceptors (Lipinski definition) is 4. The van der Waals surface area contributed by atoms with Crippen molar-refractivity contribution in [3.05, 3.63) is 35.5 Å². The van der Waals surface area contributed by atoms with Crippen molar-refractivity contribution in [1.82, 2.24) is 20.1 Å². The number of hydrogen-bond donors (Lipinski definition) is 2. The van der Waals surface area contributed by atoms with Gasteiger partial charge in [-0.15, -0.1) is 0 Å². The number of aromatic amines is 1. The third-order valence-corrected chi connectivity index (χ3v) is 5.39. The Morgan fingerprint density at radius 2 is 1.74 bits per heavy atom. The number of amides is 1. The summed E-state index contributed by atoms with van der Waals surface area (Å²) < 4.78 is 0. The van der Waals surface area contributed by atoms with Crippen molar-refractivity contribution in [2.45, 2.75) is 33.2 Å². The molecule has 27 heavy (non-hydrogen) atoms. The molecule has 1 aliphatic rings. The van der Waals surface area contributed by atoms with Gasteiger partial charge in [-0.3, -0.25) is 19.4 Å². The molecule has 1 aromatic heterocycles. The van der Waals surface area contributed by atoms with Crippen LogP contribution in [0.3, 0.4) is 0 Å². The predicted molar refractivity (Wildman–Crippen MR) is 108 cm³/mol. The van der Waals surface area contributed by atoms with Crippen molar-refractivity contribution < 1.29 is 9.59 Å². The molecule has 0 saturated carbocycles. The predicted octanol–water partition coefficient (Wildman–Crippen LogP) is 2.19. The van der Waals surface area contributed by atoms with Gasteiger partial charge in [0.15, 0.2) is 5.78 Å². The van der Waals surface area contributed by atoms with Gasteiger partial charge in [-0.05, 0) is 26.3 Å². The fourth-order valence-electron chi connectivity index (χ4n) is 3.65. The largest absolute Gasteiger partial charge is 0.358 e. The molecule has 0 spiro atoms. The molecule has 1 fully saturated rings. The Morgan fingerprint density at radius 1 is 1.11 bits per heavy atom. The summed E-state index contributed by atoms with van der Waals surface area (Å²) in [7, 11) is 0. The lowest BCUT2D eigenvalue weighted by Crippen LogP contribution is -2.51. The molecule has 1 amide bonds. The molecular weight excluding hydrogens is 340 g/mol. The normalized spacial score (nSPS) is 17.1. The molecule has 1 unspecified atom stereocenters. The number of Topliss-reactive ketones (excluding diaryl/α,β-unsaturated/α-hetero) is 1. The summed E-state index contributed by atoms with van der Waals surface area (Å²) >= 11 is 0. The van der Waals surface area contributed by atoms with Crippen LogP contribution in [0.5, 0.6) is 0 Å². The van der Waals surface area contributed by atoms with Crippen molar-refractivity contribution in [3.8, 4) is 0 Å². The van der Waals surface area contributed by atoms with Crippen molar-refractivity contribution in [1.29, 1.82) is 0 Å². The van der Waals surface area contributed by atoms with Crippen LogP contribution >= 0.6 is 0 Å². The van der Waals surface area contributed by atoms with E-state index in [2.05, 4.69) is 27.0 Å². The van der Waals surface area contributed by atoms with Crippen LogP contribution in [0.1, 0.15) is 36.3 Å². The summed E-state index contributed by atoms with van der Waals surface area (Å²) in [5.41, 5.74) is 2.75. The zero-order valence-electron chi connectivity index (χ0n) is 16.5. The lowest BCUT2D eigenvalue weighted by atomic mass is 10.1. The van der Waals surface area contributed by atoms with Gasteiger partial charge >= 0.3 is 0 Å². The van der Waals surface area contributed by atoms with E-state index < -0.39 is 0 Å². The van der Waals surface area contributed by atoms with E-state index >= 15 is 0 Å². The van der Waals surface area contributed by atoms with Crippen LogP contribution in [0.4, 0.5) is 0 Å². The highest BCUT2D eigenvalue weighted by Crippen LogP contribution is 2.22. The highest BCUT2D eigenvalue weighted by Gasteiger charge is 2.23. The van der Waals surface area contributed by atoms with Crippen LogP contribution in [0, 0.1) is 6.92 Å². The lowest BCUT2D eigenvalue weighted by Gasteiger charge is -2.34. The number of benzene rings is 1. The Labute approximate surface area is 160 Å². The summed E-state index contributed by atoms with van der Waals surface area (Å²) in [6, 6.07) is 8.16. The molecule has 0 bridgehead atoms. The van der Waals surface area contributed by atoms with Crippen molar-refractivity contribution in [2.24, 2.45) is 0 Å². The van der Waals surface area contributed by atoms with Gasteiger partial charge in [0.1, 0.15) is 0 Å². The molecule has 1 aliphatic heterocycles. The number of H-pyrrole nitrogens is 1. The number of aromatic nitrogens is 1.